The van der Waals surface area contributed by atoms with Crippen molar-refractivity contribution in [2.45, 2.75) is 25.0 Å². The summed E-state index contributed by atoms with van der Waals surface area (Å²) in [6.45, 7) is 3.04. The van der Waals surface area contributed by atoms with Crippen molar-refractivity contribution in [1.82, 2.24) is 30.3 Å². The normalized spacial score (nSPS) is 10.9. The number of thioether (sulfide) groups is 1. The number of aromatic nitrogens is 5. The SMILES string of the molecule is CCCSc1nc2c(nnn2CCNC(=S)Nc2ccc(Cl)cc2)c(=O)[nH]1. The van der Waals surface area contributed by atoms with Gasteiger partial charge in [-0.2, -0.15) is 0 Å². The zero-order valence-corrected chi connectivity index (χ0v) is 16.9. The number of H-pyrrole nitrogens is 1. The second-order valence-electron chi connectivity index (χ2n) is 5.59. The van der Waals surface area contributed by atoms with E-state index in [0.717, 1.165) is 17.9 Å². The van der Waals surface area contributed by atoms with Crippen molar-refractivity contribution in [2.75, 3.05) is 17.6 Å². The smallest absolute Gasteiger partial charge is 0.281 e. The van der Waals surface area contributed by atoms with Crippen LogP contribution in [0.25, 0.3) is 11.2 Å². The van der Waals surface area contributed by atoms with E-state index in [2.05, 4.69) is 37.8 Å². The highest BCUT2D eigenvalue weighted by Crippen LogP contribution is 2.15. The fourth-order valence-electron chi connectivity index (χ4n) is 2.25. The lowest BCUT2D eigenvalue weighted by Gasteiger charge is -2.10. The first-order chi connectivity index (χ1) is 13.1. The Bertz CT molecular complexity index is 987. The summed E-state index contributed by atoms with van der Waals surface area (Å²) < 4.78 is 1.60. The standard InChI is InChI=1S/C16H18ClN7OS2/c1-2-9-27-16-20-13-12(14(25)21-16)22-23-24(13)8-7-18-15(26)19-11-5-3-10(17)4-6-11/h3-6H,2,7-9H2,1H3,(H2,18,19,26)(H,20,21,25). The zero-order chi connectivity index (χ0) is 19.2. The highest BCUT2D eigenvalue weighted by Gasteiger charge is 2.12. The summed E-state index contributed by atoms with van der Waals surface area (Å²) in [6.07, 6.45) is 0.992. The van der Waals surface area contributed by atoms with Crippen LogP contribution in [0, 0.1) is 0 Å². The molecule has 1 aromatic carbocycles. The molecule has 0 aliphatic carbocycles. The van der Waals surface area contributed by atoms with Crippen LogP contribution in [-0.4, -0.2) is 42.4 Å². The van der Waals surface area contributed by atoms with Crippen LogP contribution in [0.3, 0.4) is 0 Å². The molecule has 0 amide bonds. The number of hydrogen-bond donors (Lipinski definition) is 3. The van der Waals surface area contributed by atoms with Gasteiger partial charge >= 0.3 is 0 Å². The molecule has 0 bridgehead atoms. The molecular weight excluding hydrogens is 406 g/mol. The number of nitrogens with zero attached hydrogens (tertiary/aromatic N) is 4. The van der Waals surface area contributed by atoms with Crippen LogP contribution >= 0.6 is 35.6 Å². The van der Waals surface area contributed by atoms with Crippen molar-refractivity contribution in [3.05, 3.63) is 39.6 Å². The minimum Gasteiger partial charge on any atom is -0.361 e. The summed E-state index contributed by atoms with van der Waals surface area (Å²) in [7, 11) is 0. The van der Waals surface area contributed by atoms with E-state index < -0.39 is 0 Å². The molecule has 3 rings (SSSR count). The molecule has 0 fully saturated rings. The molecule has 0 atom stereocenters. The quantitative estimate of drug-likeness (QED) is 0.303. The lowest BCUT2D eigenvalue weighted by molar-refractivity contribution is 0.592. The average molecular weight is 424 g/mol. The maximum atomic E-state index is 12.1. The predicted octanol–water partition coefficient (Wildman–Crippen LogP) is 2.66. The minimum atomic E-state index is -0.280. The van der Waals surface area contributed by atoms with Gasteiger partial charge in [-0.1, -0.05) is 35.5 Å². The van der Waals surface area contributed by atoms with E-state index in [0.29, 0.717) is 34.0 Å². The maximum absolute atomic E-state index is 12.1. The second-order valence-corrected chi connectivity index (χ2v) is 7.52. The number of benzene rings is 1. The summed E-state index contributed by atoms with van der Waals surface area (Å²) in [5.74, 6) is 0.877. The third-order valence-corrected chi connectivity index (χ3v) is 5.08. The minimum absolute atomic E-state index is 0.234. The van der Waals surface area contributed by atoms with Crippen molar-refractivity contribution in [1.29, 1.82) is 0 Å². The molecule has 0 saturated heterocycles. The fourth-order valence-corrected chi connectivity index (χ4v) is 3.31. The molecular formula is C16H18ClN7OS2. The number of thiocarbonyl (C=S) groups is 1. The topological polar surface area (TPSA) is 101 Å². The molecule has 27 heavy (non-hydrogen) atoms. The Morgan fingerprint density at radius 2 is 2.15 bits per heavy atom. The van der Waals surface area contributed by atoms with Gasteiger partial charge in [0.15, 0.2) is 21.4 Å². The van der Waals surface area contributed by atoms with Crippen molar-refractivity contribution < 1.29 is 0 Å². The lowest BCUT2D eigenvalue weighted by atomic mass is 10.3. The molecule has 2 heterocycles. The number of halogens is 1. The van der Waals surface area contributed by atoms with Gasteiger partial charge in [-0.25, -0.2) is 9.67 Å². The third kappa shape index (κ3) is 5.18. The van der Waals surface area contributed by atoms with Crippen LogP contribution in [0.2, 0.25) is 5.02 Å². The fraction of sp³-hybridized carbons (Fsp3) is 0.312. The second kappa shape index (κ2) is 9.16. The van der Waals surface area contributed by atoms with Gasteiger partial charge in [0.1, 0.15) is 0 Å². The first kappa shape index (κ1) is 19.6. The third-order valence-electron chi connectivity index (χ3n) is 3.51. The zero-order valence-electron chi connectivity index (χ0n) is 14.5. The number of aromatic amines is 1. The average Bonchev–Trinajstić information content (AvgIpc) is 3.05. The van der Waals surface area contributed by atoms with Gasteiger partial charge in [-0.3, -0.25) is 9.78 Å². The molecule has 3 N–H and O–H groups in total. The Hall–Kier alpha value is -2.17. The van der Waals surface area contributed by atoms with Gasteiger partial charge < -0.3 is 10.6 Å². The molecule has 2 aromatic heterocycles. The van der Waals surface area contributed by atoms with Gasteiger partial charge in [-0.15, -0.1) is 5.10 Å². The first-order valence-electron chi connectivity index (χ1n) is 8.33. The molecule has 8 nitrogen and oxygen atoms in total. The Kier molecular flexibility index (Phi) is 6.64. The molecule has 0 unspecified atom stereocenters. The summed E-state index contributed by atoms with van der Waals surface area (Å²) in [5, 5.41) is 15.8. The van der Waals surface area contributed by atoms with Crippen LogP contribution in [0.15, 0.2) is 34.2 Å². The Labute approximate surface area is 170 Å². The maximum Gasteiger partial charge on any atom is 0.281 e. The summed E-state index contributed by atoms with van der Waals surface area (Å²) in [5.41, 5.74) is 1.26. The Morgan fingerprint density at radius 1 is 1.37 bits per heavy atom. The number of rotatable bonds is 7. The number of anilines is 1. The highest BCUT2D eigenvalue weighted by molar-refractivity contribution is 7.99. The van der Waals surface area contributed by atoms with Gasteiger partial charge in [0.05, 0.1) is 6.54 Å². The van der Waals surface area contributed by atoms with Crippen LogP contribution in [0.1, 0.15) is 13.3 Å². The summed E-state index contributed by atoms with van der Waals surface area (Å²) >= 11 is 12.6. The molecule has 0 saturated carbocycles. The van der Waals surface area contributed by atoms with Crippen molar-refractivity contribution in [3.8, 4) is 0 Å². The number of hydrogen-bond acceptors (Lipinski definition) is 6. The number of fused-ring (bicyclic) bond motifs is 1. The summed E-state index contributed by atoms with van der Waals surface area (Å²) in [6, 6.07) is 7.25. The van der Waals surface area contributed by atoms with Gasteiger partial charge in [0.2, 0.25) is 0 Å². The van der Waals surface area contributed by atoms with E-state index in [-0.39, 0.29) is 11.1 Å². The summed E-state index contributed by atoms with van der Waals surface area (Å²) in [4.78, 5) is 19.3. The molecule has 142 valence electrons. The highest BCUT2D eigenvalue weighted by atomic mass is 35.5. The Balaban J connectivity index is 1.61. The van der Waals surface area contributed by atoms with Crippen molar-refractivity contribution in [3.63, 3.8) is 0 Å². The largest absolute Gasteiger partial charge is 0.361 e. The molecule has 3 aromatic rings. The predicted molar refractivity (Wildman–Crippen MR) is 113 cm³/mol. The Morgan fingerprint density at radius 3 is 2.89 bits per heavy atom. The van der Waals surface area contributed by atoms with E-state index in [1.165, 1.54) is 11.8 Å². The molecule has 0 spiro atoms. The van der Waals surface area contributed by atoms with Crippen LogP contribution in [0.5, 0.6) is 0 Å². The van der Waals surface area contributed by atoms with Crippen LogP contribution in [0.4, 0.5) is 5.69 Å². The van der Waals surface area contributed by atoms with Crippen molar-refractivity contribution in [2.24, 2.45) is 0 Å². The van der Waals surface area contributed by atoms with Crippen LogP contribution in [-0.2, 0) is 6.54 Å². The van der Waals surface area contributed by atoms with Gasteiger partial charge in [0, 0.05) is 23.0 Å². The lowest BCUT2D eigenvalue weighted by Crippen LogP contribution is -2.31. The van der Waals surface area contributed by atoms with Gasteiger partial charge in [-0.05, 0) is 42.9 Å². The first-order valence-corrected chi connectivity index (χ1v) is 10.1. The van der Waals surface area contributed by atoms with E-state index in [9.17, 15) is 4.79 Å². The van der Waals surface area contributed by atoms with E-state index >= 15 is 0 Å². The van der Waals surface area contributed by atoms with Gasteiger partial charge in [0.25, 0.3) is 5.56 Å². The molecule has 11 heteroatoms. The monoisotopic (exact) mass is 423 g/mol. The van der Waals surface area contributed by atoms with E-state index in [4.69, 9.17) is 23.8 Å². The van der Waals surface area contributed by atoms with E-state index in [1.807, 2.05) is 12.1 Å². The molecule has 0 aliphatic rings. The number of nitrogens with one attached hydrogen (secondary N) is 3. The van der Waals surface area contributed by atoms with Crippen molar-refractivity contribution >= 4 is 57.5 Å². The molecule has 0 aliphatic heterocycles. The van der Waals surface area contributed by atoms with Crippen LogP contribution < -0.4 is 16.2 Å². The molecule has 0 radical (unpaired) electrons. The van der Waals surface area contributed by atoms with E-state index in [1.54, 1.807) is 16.8 Å².